The summed E-state index contributed by atoms with van der Waals surface area (Å²) in [5, 5.41) is 2.92. The number of benzene rings is 2. The minimum atomic E-state index is -0.644. The van der Waals surface area contributed by atoms with Crippen LogP contribution in [-0.2, 0) is 9.59 Å². The van der Waals surface area contributed by atoms with Gasteiger partial charge in [0.1, 0.15) is 6.04 Å². The number of nitrogens with one attached hydrogen (secondary N) is 1. The first-order valence-corrected chi connectivity index (χ1v) is 13.0. The molecule has 2 aliphatic rings. The van der Waals surface area contributed by atoms with E-state index < -0.39 is 12.1 Å². The van der Waals surface area contributed by atoms with Crippen LogP contribution in [0.4, 0.5) is 0 Å². The molecule has 2 fully saturated rings. The fraction of sp³-hybridized carbons (Fsp3) is 0.517. The summed E-state index contributed by atoms with van der Waals surface area (Å²) in [6.45, 7) is 9.23. The van der Waals surface area contributed by atoms with Crippen LogP contribution in [-0.4, -0.2) is 65.9 Å². The number of nitrogens with zero attached hydrogens (tertiary/aromatic N) is 2. The SMILES string of the molecule is CC(N)C(=O)NC(C(=O)N1CC(c2ccccc2)CC1CN1CCC(c2ccccc2)C1)C(C)C. The fourth-order valence-electron chi connectivity index (χ4n) is 5.60. The van der Waals surface area contributed by atoms with Crippen LogP contribution in [0.25, 0.3) is 0 Å². The second-order valence-electron chi connectivity index (χ2n) is 10.7. The van der Waals surface area contributed by atoms with Gasteiger partial charge < -0.3 is 20.9 Å². The van der Waals surface area contributed by atoms with Gasteiger partial charge in [0.2, 0.25) is 11.8 Å². The number of rotatable bonds is 8. The molecule has 6 nitrogen and oxygen atoms in total. The number of carbonyl (C=O) groups is 2. The Balaban J connectivity index is 1.51. The first-order chi connectivity index (χ1) is 16.8. The molecule has 4 rings (SSSR count). The van der Waals surface area contributed by atoms with E-state index in [1.165, 1.54) is 11.1 Å². The molecule has 6 heteroatoms. The van der Waals surface area contributed by atoms with Crippen molar-refractivity contribution >= 4 is 11.8 Å². The minimum absolute atomic E-state index is 0.0104. The molecule has 0 radical (unpaired) electrons. The lowest BCUT2D eigenvalue weighted by Gasteiger charge is -2.33. The molecule has 2 amide bonds. The lowest BCUT2D eigenvalue weighted by Crippen LogP contribution is -2.56. The third kappa shape index (κ3) is 6.11. The van der Waals surface area contributed by atoms with Gasteiger partial charge in [-0.05, 0) is 49.3 Å². The highest BCUT2D eigenvalue weighted by atomic mass is 16.2. The van der Waals surface area contributed by atoms with E-state index in [1.54, 1.807) is 6.92 Å². The molecule has 2 aromatic carbocycles. The van der Waals surface area contributed by atoms with Crippen LogP contribution < -0.4 is 11.1 Å². The second kappa shape index (κ2) is 11.4. The summed E-state index contributed by atoms with van der Waals surface area (Å²) in [6, 6.07) is 20.1. The van der Waals surface area contributed by atoms with Gasteiger partial charge >= 0.3 is 0 Å². The molecule has 0 aliphatic carbocycles. The van der Waals surface area contributed by atoms with Crippen molar-refractivity contribution in [2.45, 2.75) is 63.6 Å². The van der Waals surface area contributed by atoms with Crippen molar-refractivity contribution in [2.75, 3.05) is 26.2 Å². The molecule has 2 aliphatic heterocycles. The van der Waals surface area contributed by atoms with Gasteiger partial charge in [0.15, 0.2) is 0 Å². The maximum absolute atomic E-state index is 13.8. The van der Waals surface area contributed by atoms with Crippen LogP contribution in [0.1, 0.15) is 56.6 Å². The van der Waals surface area contributed by atoms with Crippen molar-refractivity contribution in [3.63, 3.8) is 0 Å². The Kier molecular flexibility index (Phi) is 8.24. The second-order valence-corrected chi connectivity index (χ2v) is 10.7. The van der Waals surface area contributed by atoms with Gasteiger partial charge in [0.25, 0.3) is 0 Å². The average Bonchev–Trinajstić information content (AvgIpc) is 3.50. The van der Waals surface area contributed by atoms with Crippen molar-refractivity contribution in [3.8, 4) is 0 Å². The molecular formula is C29H40N4O2. The van der Waals surface area contributed by atoms with Crippen molar-refractivity contribution in [2.24, 2.45) is 11.7 Å². The van der Waals surface area contributed by atoms with Gasteiger partial charge in [-0.2, -0.15) is 0 Å². The molecule has 5 unspecified atom stereocenters. The topological polar surface area (TPSA) is 78.7 Å². The monoisotopic (exact) mass is 476 g/mol. The zero-order valence-electron chi connectivity index (χ0n) is 21.3. The Hall–Kier alpha value is -2.70. The molecule has 5 atom stereocenters. The lowest BCUT2D eigenvalue weighted by atomic mass is 9.96. The number of likely N-dealkylation sites (tertiary alicyclic amines) is 2. The average molecular weight is 477 g/mol. The highest BCUT2D eigenvalue weighted by Gasteiger charge is 2.41. The first-order valence-electron chi connectivity index (χ1n) is 13.0. The Morgan fingerprint density at radius 3 is 2.11 bits per heavy atom. The molecule has 0 aromatic heterocycles. The van der Waals surface area contributed by atoms with Crippen LogP contribution >= 0.6 is 0 Å². The van der Waals surface area contributed by atoms with E-state index >= 15 is 0 Å². The first kappa shape index (κ1) is 25.4. The Labute approximate surface area is 209 Å². The zero-order valence-corrected chi connectivity index (χ0v) is 21.3. The van der Waals surface area contributed by atoms with Crippen LogP contribution in [0.3, 0.4) is 0 Å². The summed E-state index contributed by atoms with van der Waals surface area (Å²) in [7, 11) is 0. The number of hydrogen-bond acceptors (Lipinski definition) is 4. The predicted molar refractivity (Wildman–Crippen MR) is 140 cm³/mol. The third-order valence-electron chi connectivity index (χ3n) is 7.62. The van der Waals surface area contributed by atoms with Gasteiger partial charge in [-0.1, -0.05) is 74.5 Å². The summed E-state index contributed by atoms with van der Waals surface area (Å²) in [4.78, 5) is 30.8. The van der Waals surface area contributed by atoms with Crippen LogP contribution in [0.15, 0.2) is 60.7 Å². The Morgan fingerprint density at radius 1 is 0.943 bits per heavy atom. The maximum atomic E-state index is 13.8. The minimum Gasteiger partial charge on any atom is -0.343 e. The van der Waals surface area contributed by atoms with Crippen molar-refractivity contribution < 1.29 is 9.59 Å². The molecule has 0 spiro atoms. The molecule has 0 saturated carbocycles. The largest absolute Gasteiger partial charge is 0.343 e. The van der Waals surface area contributed by atoms with Gasteiger partial charge in [-0.3, -0.25) is 9.59 Å². The molecular weight excluding hydrogens is 436 g/mol. The number of carbonyl (C=O) groups excluding carboxylic acids is 2. The van der Waals surface area contributed by atoms with Crippen LogP contribution in [0.5, 0.6) is 0 Å². The van der Waals surface area contributed by atoms with Crippen LogP contribution in [0, 0.1) is 5.92 Å². The molecule has 2 heterocycles. The number of amides is 2. The van der Waals surface area contributed by atoms with Gasteiger partial charge in [0.05, 0.1) is 6.04 Å². The highest BCUT2D eigenvalue weighted by molar-refractivity contribution is 5.90. The van der Waals surface area contributed by atoms with E-state index in [2.05, 4.69) is 64.8 Å². The van der Waals surface area contributed by atoms with Crippen LogP contribution in [0.2, 0.25) is 0 Å². The Bertz CT molecular complexity index is 979. The summed E-state index contributed by atoms with van der Waals surface area (Å²) in [5.74, 6) is 0.555. The standard InChI is InChI=1S/C29H40N4O2/c1-20(2)27(31-28(34)21(3)30)29(35)33-18-25(23-12-8-5-9-13-23)16-26(33)19-32-15-14-24(17-32)22-10-6-4-7-11-22/h4-13,20-21,24-27H,14-19,30H2,1-3H3,(H,31,34). The van der Waals surface area contributed by atoms with E-state index in [0.29, 0.717) is 18.4 Å². The van der Waals surface area contributed by atoms with E-state index in [0.717, 1.165) is 32.5 Å². The molecule has 2 aromatic rings. The summed E-state index contributed by atoms with van der Waals surface area (Å²) < 4.78 is 0. The molecule has 3 N–H and O–H groups in total. The van der Waals surface area contributed by atoms with Gasteiger partial charge in [-0.15, -0.1) is 0 Å². The lowest BCUT2D eigenvalue weighted by molar-refractivity contribution is -0.138. The van der Waals surface area contributed by atoms with E-state index in [-0.39, 0.29) is 23.8 Å². The van der Waals surface area contributed by atoms with E-state index in [1.807, 2.05) is 24.8 Å². The summed E-state index contributed by atoms with van der Waals surface area (Å²) in [5.41, 5.74) is 8.46. The third-order valence-corrected chi connectivity index (χ3v) is 7.62. The molecule has 188 valence electrons. The number of nitrogens with two attached hydrogens (primary N) is 1. The normalized spacial score (nSPS) is 24.5. The Morgan fingerprint density at radius 2 is 1.54 bits per heavy atom. The maximum Gasteiger partial charge on any atom is 0.245 e. The zero-order chi connectivity index (χ0) is 24.9. The van der Waals surface area contributed by atoms with E-state index in [9.17, 15) is 9.59 Å². The quantitative estimate of drug-likeness (QED) is 0.613. The van der Waals surface area contributed by atoms with Crippen molar-refractivity contribution in [1.29, 1.82) is 0 Å². The molecule has 35 heavy (non-hydrogen) atoms. The summed E-state index contributed by atoms with van der Waals surface area (Å²) >= 11 is 0. The smallest absolute Gasteiger partial charge is 0.245 e. The van der Waals surface area contributed by atoms with Crippen molar-refractivity contribution in [1.82, 2.24) is 15.1 Å². The highest BCUT2D eigenvalue weighted by Crippen LogP contribution is 2.35. The fourth-order valence-corrected chi connectivity index (χ4v) is 5.60. The molecule has 2 saturated heterocycles. The van der Waals surface area contributed by atoms with E-state index in [4.69, 9.17) is 5.73 Å². The van der Waals surface area contributed by atoms with Crippen molar-refractivity contribution in [3.05, 3.63) is 71.8 Å². The van der Waals surface area contributed by atoms with Gasteiger partial charge in [-0.25, -0.2) is 0 Å². The predicted octanol–water partition coefficient (Wildman–Crippen LogP) is 3.35. The van der Waals surface area contributed by atoms with Gasteiger partial charge in [0, 0.05) is 31.6 Å². The summed E-state index contributed by atoms with van der Waals surface area (Å²) in [6.07, 6.45) is 2.08. The molecule has 0 bridgehead atoms. The number of hydrogen-bond donors (Lipinski definition) is 2.